The molecule has 2 heterocycles. The monoisotopic (exact) mass is 303 g/mol. The van der Waals surface area contributed by atoms with Crippen LogP contribution in [0.25, 0.3) is 11.1 Å². The highest BCUT2D eigenvalue weighted by atomic mass is 32.1. The second-order valence-corrected chi connectivity index (χ2v) is 5.59. The molecule has 21 heavy (non-hydrogen) atoms. The highest BCUT2D eigenvalue weighted by Crippen LogP contribution is 2.22. The summed E-state index contributed by atoms with van der Waals surface area (Å²) in [4.78, 5) is 19.5. The van der Waals surface area contributed by atoms with Gasteiger partial charge in [0.05, 0.1) is 10.6 Å². The molecule has 108 valence electrons. The topological polar surface area (TPSA) is 88.2 Å². The number of oxazole rings is 1. The molecule has 3 aromatic rings. The second-order valence-electron chi connectivity index (χ2n) is 4.66. The third-order valence-electron chi connectivity index (χ3n) is 3.07. The fraction of sp³-hybridized carbons (Fsp3) is 0.214. The van der Waals surface area contributed by atoms with Crippen LogP contribution < -0.4 is 5.32 Å². The van der Waals surface area contributed by atoms with Crippen LogP contribution in [0.1, 0.15) is 28.2 Å². The SMILES string of the molecule is CC(CNc1nc2ccc(C(=O)O)cc2o1)c1nccs1. The number of rotatable bonds is 5. The van der Waals surface area contributed by atoms with Gasteiger partial charge in [-0.3, -0.25) is 0 Å². The van der Waals surface area contributed by atoms with Crippen LogP contribution in [0.15, 0.2) is 34.2 Å². The number of hydrogen-bond acceptors (Lipinski definition) is 6. The normalized spacial score (nSPS) is 12.4. The summed E-state index contributed by atoms with van der Waals surface area (Å²) >= 11 is 1.61. The number of benzene rings is 1. The van der Waals surface area contributed by atoms with Gasteiger partial charge in [0.2, 0.25) is 0 Å². The van der Waals surface area contributed by atoms with E-state index in [1.54, 1.807) is 23.6 Å². The van der Waals surface area contributed by atoms with E-state index in [1.165, 1.54) is 12.1 Å². The van der Waals surface area contributed by atoms with Gasteiger partial charge in [0.15, 0.2) is 5.58 Å². The van der Waals surface area contributed by atoms with Crippen molar-refractivity contribution >= 4 is 34.4 Å². The van der Waals surface area contributed by atoms with Crippen LogP contribution in [0.2, 0.25) is 0 Å². The molecule has 0 bridgehead atoms. The summed E-state index contributed by atoms with van der Waals surface area (Å²) in [6.45, 7) is 2.71. The fourth-order valence-electron chi connectivity index (χ4n) is 1.94. The summed E-state index contributed by atoms with van der Waals surface area (Å²) < 4.78 is 5.52. The van der Waals surface area contributed by atoms with Gasteiger partial charge in [0.1, 0.15) is 5.52 Å². The predicted octanol–water partition coefficient (Wildman–Crippen LogP) is 3.20. The summed E-state index contributed by atoms with van der Waals surface area (Å²) in [6, 6.07) is 5.00. The summed E-state index contributed by atoms with van der Waals surface area (Å²) in [7, 11) is 0. The molecular formula is C14H13N3O3S. The van der Waals surface area contributed by atoms with Crippen molar-refractivity contribution in [3.05, 3.63) is 40.3 Å². The van der Waals surface area contributed by atoms with E-state index in [9.17, 15) is 4.79 Å². The number of thiazole rings is 1. The molecule has 0 aliphatic heterocycles. The zero-order valence-corrected chi connectivity index (χ0v) is 12.1. The summed E-state index contributed by atoms with van der Waals surface area (Å²) in [6.07, 6.45) is 1.78. The zero-order chi connectivity index (χ0) is 14.8. The zero-order valence-electron chi connectivity index (χ0n) is 11.2. The number of aromatic nitrogens is 2. The molecule has 0 amide bonds. The smallest absolute Gasteiger partial charge is 0.335 e. The van der Waals surface area contributed by atoms with E-state index in [2.05, 4.69) is 22.2 Å². The van der Waals surface area contributed by atoms with Gasteiger partial charge < -0.3 is 14.8 Å². The first-order valence-electron chi connectivity index (χ1n) is 6.40. The van der Waals surface area contributed by atoms with Gasteiger partial charge in [-0.15, -0.1) is 11.3 Å². The van der Waals surface area contributed by atoms with Crippen LogP contribution >= 0.6 is 11.3 Å². The standard InChI is InChI=1S/C14H13N3O3S/c1-8(12-15-4-5-21-12)7-16-14-17-10-3-2-9(13(18)19)6-11(10)20-14/h2-6,8H,7H2,1H3,(H,16,17)(H,18,19). The molecule has 0 fully saturated rings. The predicted molar refractivity (Wildman–Crippen MR) is 80.0 cm³/mol. The van der Waals surface area contributed by atoms with Crippen molar-refractivity contribution in [2.75, 3.05) is 11.9 Å². The second kappa shape index (κ2) is 5.53. The van der Waals surface area contributed by atoms with Crippen LogP contribution in [-0.2, 0) is 0 Å². The van der Waals surface area contributed by atoms with E-state index in [4.69, 9.17) is 9.52 Å². The van der Waals surface area contributed by atoms with Crippen molar-refractivity contribution in [1.29, 1.82) is 0 Å². The Bertz CT molecular complexity index is 767. The van der Waals surface area contributed by atoms with Gasteiger partial charge in [0, 0.05) is 24.0 Å². The minimum Gasteiger partial charge on any atom is -0.478 e. The van der Waals surface area contributed by atoms with E-state index in [-0.39, 0.29) is 11.5 Å². The minimum atomic E-state index is -0.986. The number of carboxylic acid groups (broad SMARTS) is 1. The first-order valence-corrected chi connectivity index (χ1v) is 7.28. The largest absolute Gasteiger partial charge is 0.478 e. The maximum Gasteiger partial charge on any atom is 0.335 e. The molecule has 6 nitrogen and oxygen atoms in total. The molecular weight excluding hydrogens is 290 g/mol. The lowest BCUT2D eigenvalue weighted by molar-refractivity contribution is 0.0697. The molecule has 2 aromatic heterocycles. The molecule has 0 spiro atoms. The number of hydrogen-bond donors (Lipinski definition) is 2. The number of carboxylic acids is 1. The first kappa shape index (κ1) is 13.6. The van der Waals surface area contributed by atoms with Gasteiger partial charge in [-0.1, -0.05) is 6.92 Å². The van der Waals surface area contributed by atoms with Crippen molar-refractivity contribution < 1.29 is 14.3 Å². The number of carbonyl (C=O) groups is 1. The molecule has 0 aliphatic carbocycles. The lowest BCUT2D eigenvalue weighted by Gasteiger charge is -2.07. The summed E-state index contributed by atoms with van der Waals surface area (Å²) in [5.74, 6) is -0.741. The van der Waals surface area contributed by atoms with Crippen LogP contribution in [0.5, 0.6) is 0 Å². The van der Waals surface area contributed by atoms with Crippen LogP contribution in [0, 0.1) is 0 Å². The van der Waals surface area contributed by atoms with Crippen molar-refractivity contribution in [1.82, 2.24) is 9.97 Å². The average Bonchev–Trinajstić information content (AvgIpc) is 3.12. The Morgan fingerprint density at radius 2 is 2.38 bits per heavy atom. The molecule has 1 aromatic carbocycles. The molecule has 2 N–H and O–H groups in total. The molecule has 0 radical (unpaired) electrons. The van der Waals surface area contributed by atoms with Gasteiger partial charge in [-0.2, -0.15) is 4.98 Å². The van der Waals surface area contributed by atoms with Crippen LogP contribution in [0.3, 0.4) is 0 Å². The van der Waals surface area contributed by atoms with E-state index >= 15 is 0 Å². The number of nitrogens with one attached hydrogen (secondary N) is 1. The molecule has 0 saturated carbocycles. The summed E-state index contributed by atoms with van der Waals surface area (Å²) in [5.41, 5.74) is 1.27. The number of aromatic carboxylic acids is 1. The number of nitrogens with zero attached hydrogens (tertiary/aromatic N) is 2. The third kappa shape index (κ3) is 2.87. The third-order valence-corrected chi connectivity index (χ3v) is 4.07. The van der Waals surface area contributed by atoms with E-state index in [1.807, 2.05) is 5.38 Å². The van der Waals surface area contributed by atoms with E-state index < -0.39 is 5.97 Å². The minimum absolute atomic E-state index is 0.182. The lowest BCUT2D eigenvalue weighted by atomic mass is 10.2. The van der Waals surface area contributed by atoms with Gasteiger partial charge in [0.25, 0.3) is 6.01 Å². The molecule has 3 rings (SSSR count). The van der Waals surface area contributed by atoms with Crippen molar-refractivity contribution in [3.8, 4) is 0 Å². The highest BCUT2D eigenvalue weighted by molar-refractivity contribution is 7.09. The quantitative estimate of drug-likeness (QED) is 0.752. The van der Waals surface area contributed by atoms with E-state index in [0.29, 0.717) is 23.7 Å². The lowest BCUT2D eigenvalue weighted by Crippen LogP contribution is -2.09. The van der Waals surface area contributed by atoms with Crippen LogP contribution in [-0.4, -0.2) is 27.6 Å². The molecule has 1 atom stereocenters. The maximum atomic E-state index is 10.9. The van der Waals surface area contributed by atoms with Crippen molar-refractivity contribution in [3.63, 3.8) is 0 Å². The Morgan fingerprint density at radius 3 is 3.10 bits per heavy atom. The number of anilines is 1. The van der Waals surface area contributed by atoms with Gasteiger partial charge >= 0.3 is 5.97 Å². The first-order chi connectivity index (χ1) is 10.1. The number of fused-ring (bicyclic) bond motifs is 1. The Balaban J connectivity index is 1.74. The van der Waals surface area contributed by atoms with E-state index in [0.717, 1.165) is 5.01 Å². The van der Waals surface area contributed by atoms with Gasteiger partial charge in [-0.05, 0) is 18.2 Å². The Kier molecular flexibility index (Phi) is 3.57. The van der Waals surface area contributed by atoms with Gasteiger partial charge in [-0.25, -0.2) is 9.78 Å². The van der Waals surface area contributed by atoms with Crippen molar-refractivity contribution in [2.45, 2.75) is 12.8 Å². The molecule has 0 aliphatic rings. The Hall–Kier alpha value is -2.41. The molecule has 1 unspecified atom stereocenters. The Labute approximate surface area is 124 Å². The average molecular weight is 303 g/mol. The van der Waals surface area contributed by atoms with Crippen molar-refractivity contribution in [2.24, 2.45) is 0 Å². The fourth-order valence-corrected chi connectivity index (χ4v) is 2.64. The Morgan fingerprint density at radius 1 is 1.52 bits per heavy atom. The maximum absolute atomic E-state index is 10.9. The molecule has 7 heteroatoms. The highest BCUT2D eigenvalue weighted by Gasteiger charge is 2.12. The molecule has 0 saturated heterocycles. The van der Waals surface area contributed by atoms with Crippen LogP contribution in [0.4, 0.5) is 6.01 Å². The summed E-state index contributed by atoms with van der Waals surface area (Å²) in [5, 5.41) is 15.1.